The Bertz CT molecular complexity index is 1070. The minimum absolute atomic E-state index is 0.0151. The monoisotopic (exact) mass is 414 g/mol. The molecule has 28 heavy (non-hydrogen) atoms. The SMILES string of the molecule is Cc1c(NC(=S)C(=O)N(C)C)c(=O)n(C)c(=O)n1-c1cccc(C(F)(F)F)c1. The van der Waals surface area contributed by atoms with E-state index in [1.807, 2.05) is 0 Å². The summed E-state index contributed by atoms with van der Waals surface area (Å²) in [5, 5.41) is 2.51. The molecule has 0 atom stereocenters. The van der Waals surface area contributed by atoms with Crippen LogP contribution in [0, 0.1) is 6.92 Å². The molecule has 11 heteroatoms. The molecule has 0 unspecified atom stereocenters. The van der Waals surface area contributed by atoms with Crippen molar-refractivity contribution in [3.8, 4) is 5.69 Å². The van der Waals surface area contributed by atoms with Gasteiger partial charge in [0.05, 0.1) is 16.9 Å². The Hall–Kier alpha value is -2.95. The van der Waals surface area contributed by atoms with Gasteiger partial charge in [0.15, 0.2) is 4.99 Å². The standard InChI is InChI=1S/C17H17F3N4O3S/c1-9-12(21-13(28)15(26)22(2)3)14(25)23(4)16(27)24(9)11-7-5-6-10(8-11)17(18,19)20/h5-8H,1-4H3,(H,21,28). The third-order valence-corrected chi connectivity index (χ3v) is 4.24. The van der Waals surface area contributed by atoms with Crippen molar-refractivity contribution in [3.05, 3.63) is 56.4 Å². The molecule has 150 valence electrons. The van der Waals surface area contributed by atoms with Crippen molar-refractivity contribution in [2.45, 2.75) is 13.1 Å². The maximum atomic E-state index is 13.0. The number of rotatable bonds is 2. The highest BCUT2D eigenvalue weighted by molar-refractivity contribution is 7.82. The van der Waals surface area contributed by atoms with Crippen LogP contribution in [0.2, 0.25) is 0 Å². The van der Waals surface area contributed by atoms with E-state index in [-0.39, 0.29) is 22.1 Å². The number of carbonyl (C=O) groups is 1. The number of nitrogens with one attached hydrogen (secondary N) is 1. The lowest BCUT2D eigenvalue weighted by molar-refractivity contribution is -0.137. The molecule has 1 aromatic carbocycles. The number of thiocarbonyl (C=S) groups is 1. The quantitative estimate of drug-likeness (QED) is 0.757. The van der Waals surface area contributed by atoms with Gasteiger partial charge in [-0.15, -0.1) is 0 Å². The highest BCUT2D eigenvalue weighted by atomic mass is 32.1. The molecule has 1 amide bonds. The van der Waals surface area contributed by atoms with E-state index in [0.717, 1.165) is 27.3 Å². The number of anilines is 1. The summed E-state index contributed by atoms with van der Waals surface area (Å²) in [5.74, 6) is -0.576. The van der Waals surface area contributed by atoms with Crippen molar-refractivity contribution < 1.29 is 18.0 Å². The number of aromatic nitrogens is 2. The van der Waals surface area contributed by atoms with Crippen LogP contribution in [0.15, 0.2) is 33.9 Å². The third-order valence-electron chi connectivity index (χ3n) is 3.96. The summed E-state index contributed by atoms with van der Waals surface area (Å²) >= 11 is 4.97. The van der Waals surface area contributed by atoms with Gasteiger partial charge in [0.2, 0.25) is 0 Å². The molecular weight excluding hydrogens is 397 g/mol. The molecule has 7 nitrogen and oxygen atoms in total. The average molecular weight is 414 g/mol. The van der Waals surface area contributed by atoms with E-state index in [2.05, 4.69) is 5.32 Å². The van der Waals surface area contributed by atoms with Gasteiger partial charge in [-0.3, -0.25) is 18.7 Å². The van der Waals surface area contributed by atoms with Crippen molar-refractivity contribution >= 4 is 28.8 Å². The van der Waals surface area contributed by atoms with Gasteiger partial charge >= 0.3 is 11.9 Å². The lowest BCUT2D eigenvalue weighted by atomic mass is 10.2. The van der Waals surface area contributed by atoms with Gasteiger partial charge in [0, 0.05) is 21.1 Å². The molecular formula is C17H17F3N4O3S. The molecule has 0 saturated carbocycles. The Morgan fingerprint density at radius 3 is 2.36 bits per heavy atom. The van der Waals surface area contributed by atoms with Gasteiger partial charge in [-0.2, -0.15) is 13.2 Å². The van der Waals surface area contributed by atoms with Crippen molar-refractivity contribution in [2.75, 3.05) is 19.4 Å². The maximum Gasteiger partial charge on any atom is 0.416 e. The molecule has 0 bridgehead atoms. The number of benzene rings is 1. The summed E-state index contributed by atoms with van der Waals surface area (Å²) in [4.78, 5) is 37.9. The number of hydrogen-bond acceptors (Lipinski definition) is 4. The van der Waals surface area contributed by atoms with Gasteiger partial charge in [0.1, 0.15) is 5.69 Å². The van der Waals surface area contributed by atoms with Crippen LogP contribution in [-0.2, 0) is 18.0 Å². The third kappa shape index (κ3) is 3.98. The van der Waals surface area contributed by atoms with Gasteiger partial charge in [-0.1, -0.05) is 18.3 Å². The van der Waals surface area contributed by atoms with E-state index in [4.69, 9.17) is 12.2 Å². The van der Waals surface area contributed by atoms with Crippen molar-refractivity contribution in [3.63, 3.8) is 0 Å². The molecule has 2 aromatic rings. The normalized spacial score (nSPS) is 11.2. The highest BCUT2D eigenvalue weighted by Gasteiger charge is 2.31. The first-order chi connectivity index (χ1) is 12.9. The number of hydrogen-bond donors (Lipinski definition) is 1. The maximum absolute atomic E-state index is 13.0. The Morgan fingerprint density at radius 1 is 1.21 bits per heavy atom. The summed E-state index contributed by atoms with van der Waals surface area (Å²) in [6, 6.07) is 4.13. The summed E-state index contributed by atoms with van der Waals surface area (Å²) in [7, 11) is 4.10. The highest BCUT2D eigenvalue weighted by Crippen LogP contribution is 2.30. The van der Waals surface area contributed by atoms with E-state index in [9.17, 15) is 27.6 Å². The van der Waals surface area contributed by atoms with Crippen LogP contribution in [0.4, 0.5) is 18.9 Å². The zero-order chi connectivity index (χ0) is 21.4. The predicted octanol–water partition coefficient (Wildman–Crippen LogP) is 1.69. The molecule has 0 aliphatic carbocycles. The molecule has 0 fully saturated rings. The Labute approximate surface area is 163 Å². The minimum atomic E-state index is -4.60. The van der Waals surface area contributed by atoms with Gasteiger partial charge < -0.3 is 10.2 Å². The molecule has 0 spiro atoms. The molecule has 0 aliphatic heterocycles. The predicted molar refractivity (Wildman–Crippen MR) is 102 cm³/mol. The molecule has 1 aromatic heterocycles. The van der Waals surface area contributed by atoms with Crippen LogP contribution < -0.4 is 16.6 Å². The molecule has 0 aliphatic rings. The smallest absolute Gasteiger partial charge is 0.343 e. The molecule has 0 saturated heterocycles. The average Bonchev–Trinajstić information content (AvgIpc) is 2.62. The van der Waals surface area contributed by atoms with E-state index in [0.29, 0.717) is 0 Å². The number of likely N-dealkylation sites (N-methyl/N-ethyl adjacent to an activating group) is 1. The first-order valence-electron chi connectivity index (χ1n) is 7.89. The Morgan fingerprint density at radius 2 is 1.82 bits per heavy atom. The zero-order valence-corrected chi connectivity index (χ0v) is 16.2. The number of nitrogens with zero attached hydrogens (tertiary/aromatic N) is 3. The van der Waals surface area contributed by atoms with Crippen LogP contribution in [0.5, 0.6) is 0 Å². The molecule has 1 N–H and O–H groups in total. The van der Waals surface area contributed by atoms with E-state index in [1.54, 1.807) is 0 Å². The summed E-state index contributed by atoms with van der Waals surface area (Å²) < 4.78 is 40.8. The van der Waals surface area contributed by atoms with Crippen molar-refractivity contribution in [2.24, 2.45) is 7.05 Å². The number of carbonyl (C=O) groups excluding carboxylic acids is 1. The van der Waals surface area contributed by atoms with Crippen LogP contribution in [0.3, 0.4) is 0 Å². The van der Waals surface area contributed by atoms with Crippen LogP contribution in [0.25, 0.3) is 5.69 Å². The van der Waals surface area contributed by atoms with Crippen molar-refractivity contribution in [1.29, 1.82) is 0 Å². The summed E-state index contributed by atoms with van der Waals surface area (Å²) in [6.07, 6.45) is -4.60. The Kier molecular flexibility index (Phi) is 5.78. The summed E-state index contributed by atoms with van der Waals surface area (Å²) in [6.45, 7) is 1.37. The fourth-order valence-corrected chi connectivity index (χ4v) is 2.74. The van der Waals surface area contributed by atoms with E-state index >= 15 is 0 Å². The zero-order valence-electron chi connectivity index (χ0n) is 15.4. The first kappa shape index (κ1) is 21.4. The number of alkyl halides is 3. The molecule has 0 radical (unpaired) electrons. The number of amides is 1. The second-order valence-electron chi connectivity index (χ2n) is 6.14. The van der Waals surface area contributed by atoms with Gasteiger partial charge in [-0.25, -0.2) is 4.79 Å². The second kappa shape index (κ2) is 7.58. The first-order valence-corrected chi connectivity index (χ1v) is 8.30. The van der Waals surface area contributed by atoms with E-state index in [1.165, 1.54) is 39.0 Å². The van der Waals surface area contributed by atoms with Crippen LogP contribution >= 0.6 is 12.2 Å². The lowest BCUT2D eigenvalue weighted by Crippen LogP contribution is -2.42. The van der Waals surface area contributed by atoms with Gasteiger partial charge in [-0.05, 0) is 25.1 Å². The largest absolute Gasteiger partial charge is 0.416 e. The van der Waals surface area contributed by atoms with Crippen LogP contribution in [0.1, 0.15) is 11.3 Å². The van der Waals surface area contributed by atoms with E-state index < -0.39 is 28.9 Å². The van der Waals surface area contributed by atoms with Crippen LogP contribution in [-0.4, -0.2) is 39.0 Å². The molecule has 2 rings (SSSR count). The van der Waals surface area contributed by atoms with Crippen molar-refractivity contribution in [1.82, 2.24) is 14.0 Å². The Balaban J connectivity index is 2.70. The number of halogens is 3. The topological polar surface area (TPSA) is 76.3 Å². The lowest BCUT2D eigenvalue weighted by Gasteiger charge is -2.18. The minimum Gasteiger partial charge on any atom is -0.343 e. The fourth-order valence-electron chi connectivity index (χ4n) is 2.45. The molecule has 1 heterocycles. The second-order valence-corrected chi connectivity index (χ2v) is 6.55. The fraction of sp³-hybridized carbons (Fsp3) is 0.294. The summed E-state index contributed by atoms with van der Waals surface area (Å²) in [5.41, 5.74) is -2.79. The van der Waals surface area contributed by atoms with Gasteiger partial charge in [0.25, 0.3) is 11.5 Å².